The average molecular weight is 344 g/mol. The van der Waals surface area contributed by atoms with Crippen LogP contribution in [0.25, 0.3) is 0 Å². The Kier molecular flexibility index (Phi) is 5.53. The molecule has 1 atom stereocenters. The Bertz CT molecular complexity index is 634. The molecule has 0 unspecified atom stereocenters. The first-order chi connectivity index (χ1) is 12.2. The second-order valence-electron chi connectivity index (χ2n) is 6.39. The normalized spacial score (nSPS) is 20.3. The van der Waals surface area contributed by atoms with Crippen LogP contribution in [0.5, 0.6) is 0 Å². The monoisotopic (exact) mass is 344 g/mol. The van der Waals surface area contributed by atoms with Gasteiger partial charge in [-0.05, 0) is 31.4 Å². The van der Waals surface area contributed by atoms with E-state index in [0.29, 0.717) is 44.7 Å². The second kappa shape index (κ2) is 8.00. The van der Waals surface area contributed by atoms with Gasteiger partial charge < -0.3 is 20.4 Å². The van der Waals surface area contributed by atoms with Crippen LogP contribution in [0.2, 0.25) is 0 Å². The Morgan fingerprint density at radius 2 is 1.96 bits per heavy atom. The van der Waals surface area contributed by atoms with Gasteiger partial charge in [0.2, 0.25) is 5.91 Å². The third-order valence-electron chi connectivity index (χ3n) is 4.71. The molecule has 7 heteroatoms. The SMILES string of the molecule is O=C(NCCN1CCNC1=O)[C@H]1CCCCN1C(=O)c1ccccc1. The summed E-state index contributed by atoms with van der Waals surface area (Å²) in [5.41, 5.74) is 0.607. The number of nitrogens with one attached hydrogen (secondary N) is 2. The largest absolute Gasteiger partial charge is 0.353 e. The first-order valence-corrected chi connectivity index (χ1v) is 8.83. The maximum atomic E-state index is 12.7. The van der Waals surface area contributed by atoms with Crippen LogP contribution < -0.4 is 10.6 Å². The number of urea groups is 1. The lowest BCUT2D eigenvalue weighted by Gasteiger charge is -2.35. The first-order valence-electron chi connectivity index (χ1n) is 8.83. The van der Waals surface area contributed by atoms with E-state index in [2.05, 4.69) is 10.6 Å². The van der Waals surface area contributed by atoms with E-state index in [9.17, 15) is 14.4 Å². The number of likely N-dealkylation sites (tertiary alicyclic amines) is 1. The number of hydrogen-bond donors (Lipinski definition) is 2. The van der Waals surface area contributed by atoms with Crippen LogP contribution in [-0.2, 0) is 4.79 Å². The molecule has 1 aromatic carbocycles. The van der Waals surface area contributed by atoms with Crippen molar-refractivity contribution in [2.24, 2.45) is 0 Å². The molecular formula is C18H24N4O3. The summed E-state index contributed by atoms with van der Waals surface area (Å²) >= 11 is 0. The fourth-order valence-corrected chi connectivity index (χ4v) is 3.35. The van der Waals surface area contributed by atoms with Gasteiger partial charge in [0, 0.05) is 38.3 Å². The van der Waals surface area contributed by atoms with E-state index in [1.807, 2.05) is 18.2 Å². The van der Waals surface area contributed by atoms with Crippen LogP contribution >= 0.6 is 0 Å². The molecular weight excluding hydrogens is 320 g/mol. The second-order valence-corrected chi connectivity index (χ2v) is 6.39. The number of carbonyl (C=O) groups is 3. The Labute approximate surface area is 147 Å². The maximum absolute atomic E-state index is 12.7. The van der Waals surface area contributed by atoms with Crippen molar-refractivity contribution >= 4 is 17.8 Å². The van der Waals surface area contributed by atoms with E-state index in [0.717, 1.165) is 12.8 Å². The highest BCUT2D eigenvalue weighted by Gasteiger charge is 2.32. The van der Waals surface area contributed by atoms with Gasteiger partial charge >= 0.3 is 6.03 Å². The molecule has 0 aromatic heterocycles. The van der Waals surface area contributed by atoms with Crippen LogP contribution in [0.15, 0.2) is 30.3 Å². The zero-order chi connectivity index (χ0) is 17.6. The van der Waals surface area contributed by atoms with Gasteiger partial charge in [0.15, 0.2) is 0 Å². The summed E-state index contributed by atoms with van der Waals surface area (Å²) in [7, 11) is 0. The summed E-state index contributed by atoms with van der Waals surface area (Å²) in [6.45, 7) is 2.79. The first kappa shape index (κ1) is 17.3. The lowest BCUT2D eigenvalue weighted by atomic mass is 10.00. The van der Waals surface area contributed by atoms with Crippen molar-refractivity contribution in [3.8, 4) is 0 Å². The van der Waals surface area contributed by atoms with Gasteiger partial charge in [-0.15, -0.1) is 0 Å². The quantitative estimate of drug-likeness (QED) is 0.830. The number of benzene rings is 1. The minimum atomic E-state index is -0.436. The van der Waals surface area contributed by atoms with Crippen molar-refractivity contribution < 1.29 is 14.4 Å². The third-order valence-corrected chi connectivity index (χ3v) is 4.71. The van der Waals surface area contributed by atoms with Crippen molar-refractivity contribution in [2.45, 2.75) is 25.3 Å². The summed E-state index contributed by atoms with van der Waals surface area (Å²) in [5, 5.41) is 5.61. The molecule has 2 saturated heterocycles. The lowest BCUT2D eigenvalue weighted by Crippen LogP contribution is -2.52. The highest BCUT2D eigenvalue weighted by atomic mass is 16.2. The molecule has 2 N–H and O–H groups in total. The lowest BCUT2D eigenvalue weighted by molar-refractivity contribution is -0.126. The van der Waals surface area contributed by atoms with Crippen molar-refractivity contribution in [1.29, 1.82) is 0 Å². The van der Waals surface area contributed by atoms with E-state index in [-0.39, 0.29) is 17.8 Å². The predicted molar refractivity (Wildman–Crippen MR) is 93.1 cm³/mol. The van der Waals surface area contributed by atoms with Crippen molar-refractivity contribution in [2.75, 3.05) is 32.7 Å². The van der Waals surface area contributed by atoms with Gasteiger partial charge in [0.05, 0.1) is 0 Å². The van der Waals surface area contributed by atoms with Crippen LogP contribution in [0.3, 0.4) is 0 Å². The summed E-state index contributed by atoms with van der Waals surface area (Å²) in [5.74, 6) is -0.233. The molecule has 0 spiro atoms. The average Bonchev–Trinajstić information content (AvgIpc) is 3.06. The number of piperidine rings is 1. The van der Waals surface area contributed by atoms with Gasteiger partial charge in [-0.3, -0.25) is 9.59 Å². The predicted octanol–water partition coefficient (Wildman–Crippen LogP) is 0.823. The van der Waals surface area contributed by atoms with E-state index in [1.165, 1.54) is 0 Å². The van der Waals surface area contributed by atoms with Crippen LogP contribution in [0.1, 0.15) is 29.6 Å². The minimum absolute atomic E-state index is 0.0900. The van der Waals surface area contributed by atoms with Crippen molar-refractivity contribution in [1.82, 2.24) is 20.4 Å². The molecule has 0 saturated carbocycles. The summed E-state index contributed by atoms with van der Waals surface area (Å²) in [4.78, 5) is 40.2. The van der Waals surface area contributed by atoms with E-state index < -0.39 is 6.04 Å². The van der Waals surface area contributed by atoms with Crippen LogP contribution in [-0.4, -0.2) is 66.4 Å². The van der Waals surface area contributed by atoms with Crippen molar-refractivity contribution in [3.05, 3.63) is 35.9 Å². The maximum Gasteiger partial charge on any atom is 0.317 e. The highest BCUT2D eigenvalue weighted by molar-refractivity contribution is 5.97. The number of nitrogens with zero attached hydrogens (tertiary/aromatic N) is 2. The van der Waals surface area contributed by atoms with E-state index >= 15 is 0 Å². The number of carbonyl (C=O) groups excluding carboxylic acids is 3. The Morgan fingerprint density at radius 1 is 1.16 bits per heavy atom. The topological polar surface area (TPSA) is 81.8 Å². The minimum Gasteiger partial charge on any atom is -0.353 e. The van der Waals surface area contributed by atoms with Gasteiger partial charge in [-0.25, -0.2) is 4.79 Å². The molecule has 0 radical (unpaired) electrons. The molecule has 2 aliphatic heterocycles. The number of hydrogen-bond acceptors (Lipinski definition) is 3. The number of rotatable bonds is 5. The molecule has 2 heterocycles. The van der Waals surface area contributed by atoms with E-state index in [4.69, 9.17) is 0 Å². The van der Waals surface area contributed by atoms with Gasteiger partial charge in [0.1, 0.15) is 6.04 Å². The van der Waals surface area contributed by atoms with Gasteiger partial charge in [-0.2, -0.15) is 0 Å². The smallest absolute Gasteiger partial charge is 0.317 e. The molecule has 1 aromatic rings. The molecule has 2 fully saturated rings. The fraction of sp³-hybridized carbons (Fsp3) is 0.500. The number of amides is 4. The molecule has 134 valence electrons. The summed E-state index contributed by atoms with van der Waals surface area (Å²) in [6.07, 6.45) is 2.52. The zero-order valence-corrected chi connectivity index (χ0v) is 14.2. The summed E-state index contributed by atoms with van der Waals surface area (Å²) < 4.78 is 0. The third kappa shape index (κ3) is 4.10. The standard InChI is InChI=1S/C18H24N4O3/c23-16(19-9-12-21-13-10-20-18(21)25)15-8-4-5-11-22(15)17(24)14-6-2-1-3-7-14/h1-3,6-7,15H,4-5,8-13H2,(H,19,23)(H,20,25)/t15-/m1/s1. The van der Waals surface area contributed by atoms with Crippen molar-refractivity contribution in [3.63, 3.8) is 0 Å². The molecule has 0 bridgehead atoms. The Balaban J connectivity index is 1.57. The molecule has 0 aliphatic carbocycles. The summed E-state index contributed by atoms with van der Waals surface area (Å²) in [6, 6.07) is 8.55. The van der Waals surface area contributed by atoms with E-state index in [1.54, 1.807) is 21.9 Å². The highest BCUT2D eigenvalue weighted by Crippen LogP contribution is 2.20. The molecule has 4 amide bonds. The molecule has 25 heavy (non-hydrogen) atoms. The fourth-order valence-electron chi connectivity index (χ4n) is 3.35. The molecule has 3 rings (SSSR count). The molecule has 7 nitrogen and oxygen atoms in total. The Morgan fingerprint density at radius 3 is 2.68 bits per heavy atom. The Hall–Kier alpha value is -2.57. The zero-order valence-electron chi connectivity index (χ0n) is 14.2. The van der Waals surface area contributed by atoms with Gasteiger partial charge in [0.25, 0.3) is 5.91 Å². The van der Waals surface area contributed by atoms with Crippen LogP contribution in [0.4, 0.5) is 4.79 Å². The van der Waals surface area contributed by atoms with Crippen LogP contribution in [0, 0.1) is 0 Å². The molecule has 2 aliphatic rings. The van der Waals surface area contributed by atoms with Gasteiger partial charge in [-0.1, -0.05) is 18.2 Å².